The van der Waals surface area contributed by atoms with Gasteiger partial charge < -0.3 is 16.4 Å². The summed E-state index contributed by atoms with van der Waals surface area (Å²) in [5.74, 6) is 1.75. The van der Waals surface area contributed by atoms with Crippen LogP contribution >= 0.6 is 0 Å². The molecule has 200 valence electrons. The summed E-state index contributed by atoms with van der Waals surface area (Å²) in [6.45, 7) is 2.97. The van der Waals surface area contributed by atoms with Gasteiger partial charge in [-0.05, 0) is 94.9 Å². The van der Waals surface area contributed by atoms with Crippen molar-refractivity contribution in [2.45, 2.75) is 95.2 Å². The number of nitrogens with one attached hydrogen (secondary N) is 1. The maximum absolute atomic E-state index is 13.7. The maximum atomic E-state index is 13.7. The highest BCUT2D eigenvalue weighted by atomic mass is 19.4. The number of halogens is 3. The van der Waals surface area contributed by atoms with Crippen molar-refractivity contribution in [3.8, 4) is 0 Å². The first-order valence-electron chi connectivity index (χ1n) is 13.5. The third-order valence-corrected chi connectivity index (χ3v) is 9.10. The van der Waals surface area contributed by atoms with Gasteiger partial charge in [-0.15, -0.1) is 13.2 Å². The lowest BCUT2D eigenvalue weighted by molar-refractivity contribution is -0.345. The Hall–Kier alpha value is -1.39. The summed E-state index contributed by atoms with van der Waals surface area (Å²) in [6, 6.07) is 0.0384. The Morgan fingerprint density at radius 2 is 1.66 bits per heavy atom. The summed E-state index contributed by atoms with van der Waals surface area (Å²) in [6.07, 6.45) is 3.32. The highest BCUT2D eigenvalue weighted by Gasteiger charge is 2.49. The molecule has 2 aliphatic heterocycles. The van der Waals surface area contributed by atoms with Gasteiger partial charge in [-0.2, -0.15) is 0 Å². The van der Waals surface area contributed by atoms with Gasteiger partial charge in [0.05, 0.1) is 18.0 Å². The molecule has 4 atom stereocenters. The molecule has 0 spiro atoms. The number of piperidine rings is 1. The Bertz CT molecular complexity index is 735. The van der Waals surface area contributed by atoms with E-state index in [-0.39, 0.29) is 35.7 Å². The first-order chi connectivity index (χ1) is 16.6. The summed E-state index contributed by atoms with van der Waals surface area (Å²) < 4.78 is 42.2. The predicted molar refractivity (Wildman–Crippen MR) is 128 cm³/mol. The molecule has 35 heavy (non-hydrogen) atoms. The van der Waals surface area contributed by atoms with E-state index < -0.39 is 12.5 Å². The van der Waals surface area contributed by atoms with Crippen LogP contribution in [0.3, 0.4) is 0 Å². The van der Waals surface area contributed by atoms with Crippen LogP contribution in [0.25, 0.3) is 0 Å². The first kappa shape index (κ1) is 26.7. The summed E-state index contributed by atoms with van der Waals surface area (Å²) in [5, 5.41) is 7.97. The number of amidine groups is 1. The number of nitrogens with zero attached hydrogens (tertiary/aromatic N) is 2. The molecule has 2 heterocycles. The average molecular weight is 502 g/mol. The van der Waals surface area contributed by atoms with Gasteiger partial charge in [-0.3, -0.25) is 19.8 Å². The van der Waals surface area contributed by atoms with Crippen molar-refractivity contribution >= 4 is 11.7 Å². The number of hydrogen-bond acceptors (Lipinski definition) is 5. The fourth-order valence-corrected chi connectivity index (χ4v) is 7.14. The molecule has 7 nitrogen and oxygen atoms in total. The average Bonchev–Trinajstić information content (AvgIpc) is 3.17. The number of ether oxygens (including phenoxy) is 1. The zero-order valence-electron chi connectivity index (χ0n) is 20.6. The Morgan fingerprint density at radius 1 is 0.971 bits per heavy atom. The second kappa shape index (κ2) is 11.3. The normalized spacial score (nSPS) is 35.1. The number of alkyl halides is 3. The lowest BCUT2D eigenvalue weighted by Crippen LogP contribution is -2.52. The fourth-order valence-electron chi connectivity index (χ4n) is 7.14. The molecule has 4 fully saturated rings. The molecular weight excluding hydrogens is 459 g/mol. The molecule has 2 saturated heterocycles. The minimum atomic E-state index is -4.58. The first-order valence-corrected chi connectivity index (χ1v) is 13.5. The minimum absolute atomic E-state index is 0.0514. The lowest BCUT2D eigenvalue weighted by Gasteiger charge is -2.41. The predicted octanol–water partition coefficient (Wildman–Crippen LogP) is 3.46. The number of likely N-dealkylation sites (tertiary alicyclic amines) is 2. The van der Waals surface area contributed by atoms with Crippen LogP contribution in [0.1, 0.15) is 70.6 Å². The molecule has 1 amide bonds. The molecule has 2 saturated carbocycles. The topological polar surface area (TPSA) is 109 Å². The zero-order chi connectivity index (χ0) is 25.2. The summed E-state index contributed by atoms with van der Waals surface area (Å²) in [5.41, 5.74) is 11.6. The second-order valence-electron chi connectivity index (χ2n) is 11.3. The SMILES string of the molecule is N=C(N)C1CCC2CC(C(=O)N3CCC(CCN)CC3)N(CC3CCC(OC(F)(F)F)CC3)C2C1. The van der Waals surface area contributed by atoms with Gasteiger partial charge in [0.15, 0.2) is 0 Å². The molecule has 4 rings (SSSR count). The zero-order valence-corrected chi connectivity index (χ0v) is 20.6. The standard InChI is InChI=1S/C25H42F3N5O2/c26-25(27,28)35-20-5-1-17(2-6-20)15-33-21-14-19(23(30)31)4-3-18(21)13-22(33)24(34)32-11-8-16(7-10-29)9-12-32/h16-22H,1-15,29H2,(H3,30,31). The van der Waals surface area contributed by atoms with E-state index in [9.17, 15) is 18.0 Å². The second-order valence-corrected chi connectivity index (χ2v) is 11.3. The van der Waals surface area contributed by atoms with Crippen molar-refractivity contribution in [3.05, 3.63) is 0 Å². The summed E-state index contributed by atoms with van der Waals surface area (Å²) in [7, 11) is 0. The molecule has 0 aromatic heterocycles. The Morgan fingerprint density at radius 3 is 2.26 bits per heavy atom. The molecule has 10 heteroatoms. The van der Waals surface area contributed by atoms with Crippen LogP contribution in [0.4, 0.5) is 13.2 Å². The third-order valence-electron chi connectivity index (χ3n) is 9.10. The van der Waals surface area contributed by atoms with Crippen molar-refractivity contribution in [1.82, 2.24) is 9.80 Å². The van der Waals surface area contributed by atoms with Gasteiger partial charge in [-0.1, -0.05) is 0 Å². The molecule has 2 aliphatic carbocycles. The fraction of sp³-hybridized carbons (Fsp3) is 0.920. The quantitative estimate of drug-likeness (QED) is 0.366. The van der Waals surface area contributed by atoms with E-state index in [0.717, 1.165) is 64.6 Å². The molecule has 0 aromatic rings. The van der Waals surface area contributed by atoms with Crippen molar-refractivity contribution in [2.75, 3.05) is 26.2 Å². The number of carbonyl (C=O) groups is 1. The van der Waals surface area contributed by atoms with Crippen LogP contribution in [0.2, 0.25) is 0 Å². The number of hydrogen-bond donors (Lipinski definition) is 3. The molecule has 0 bridgehead atoms. The summed E-state index contributed by atoms with van der Waals surface area (Å²) in [4.78, 5) is 18.1. The van der Waals surface area contributed by atoms with Crippen LogP contribution in [0, 0.1) is 29.1 Å². The van der Waals surface area contributed by atoms with Gasteiger partial charge in [-0.25, -0.2) is 0 Å². The molecule has 0 aromatic carbocycles. The third kappa shape index (κ3) is 6.68. The molecule has 0 radical (unpaired) electrons. The van der Waals surface area contributed by atoms with Crippen LogP contribution in [0.15, 0.2) is 0 Å². The molecule has 4 unspecified atom stereocenters. The van der Waals surface area contributed by atoms with Crippen molar-refractivity contribution in [3.63, 3.8) is 0 Å². The molecule has 4 aliphatic rings. The van der Waals surface area contributed by atoms with Gasteiger partial charge in [0.1, 0.15) is 0 Å². The van der Waals surface area contributed by atoms with Crippen molar-refractivity contribution in [1.29, 1.82) is 5.41 Å². The number of carbonyl (C=O) groups excluding carboxylic acids is 1. The van der Waals surface area contributed by atoms with Crippen molar-refractivity contribution < 1.29 is 22.7 Å². The highest BCUT2D eigenvalue weighted by molar-refractivity contribution is 5.83. The van der Waals surface area contributed by atoms with E-state index in [0.29, 0.717) is 44.1 Å². The van der Waals surface area contributed by atoms with Gasteiger partial charge in [0.25, 0.3) is 0 Å². The minimum Gasteiger partial charge on any atom is -0.387 e. The monoisotopic (exact) mass is 501 g/mol. The lowest BCUT2D eigenvalue weighted by atomic mass is 9.77. The number of rotatable bonds is 7. The van der Waals surface area contributed by atoms with E-state index in [2.05, 4.69) is 9.64 Å². The van der Waals surface area contributed by atoms with Crippen LogP contribution in [0.5, 0.6) is 0 Å². The van der Waals surface area contributed by atoms with Crippen molar-refractivity contribution in [2.24, 2.45) is 35.1 Å². The van der Waals surface area contributed by atoms with Gasteiger partial charge in [0.2, 0.25) is 5.91 Å². The molecular formula is C25H42F3N5O2. The van der Waals surface area contributed by atoms with Crippen LogP contribution in [-0.4, -0.2) is 72.3 Å². The maximum Gasteiger partial charge on any atom is 0.522 e. The van der Waals surface area contributed by atoms with Gasteiger partial charge >= 0.3 is 6.36 Å². The Kier molecular flexibility index (Phi) is 8.64. The van der Waals surface area contributed by atoms with E-state index >= 15 is 0 Å². The van der Waals surface area contributed by atoms with E-state index in [1.807, 2.05) is 4.90 Å². The van der Waals surface area contributed by atoms with E-state index in [1.165, 1.54) is 0 Å². The van der Waals surface area contributed by atoms with Crippen LogP contribution in [-0.2, 0) is 9.53 Å². The number of amides is 1. The molecule has 5 N–H and O–H groups in total. The largest absolute Gasteiger partial charge is 0.522 e. The highest BCUT2D eigenvalue weighted by Crippen LogP contribution is 2.44. The summed E-state index contributed by atoms with van der Waals surface area (Å²) >= 11 is 0. The number of fused-ring (bicyclic) bond motifs is 1. The Balaban J connectivity index is 1.42. The number of nitrogens with two attached hydrogens (primary N) is 2. The van der Waals surface area contributed by atoms with E-state index in [1.54, 1.807) is 0 Å². The van der Waals surface area contributed by atoms with Gasteiger partial charge in [0, 0.05) is 31.6 Å². The smallest absolute Gasteiger partial charge is 0.387 e. The van der Waals surface area contributed by atoms with E-state index in [4.69, 9.17) is 16.9 Å². The Labute approximate surface area is 206 Å². The van der Waals surface area contributed by atoms with Crippen LogP contribution < -0.4 is 11.5 Å².